The van der Waals surface area contributed by atoms with E-state index in [1.165, 1.54) is 24.7 Å². The molecule has 0 radical (unpaired) electrons. The van der Waals surface area contributed by atoms with Crippen LogP contribution in [0, 0.1) is 0 Å². The van der Waals surface area contributed by atoms with E-state index in [9.17, 15) is 19.5 Å². The van der Waals surface area contributed by atoms with Gasteiger partial charge in [0.15, 0.2) is 0 Å². The average Bonchev–Trinajstić information content (AvgIpc) is 2.62. The number of rotatable bonds is 2. The Balaban J connectivity index is 1.68. The predicted octanol–water partition coefficient (Wildman–Crippen LogP) is -0.855. The van der Waals surface area contributed by atoms with Gasteiger partial charge in [0.2, 0.25) is 0 Å². The number of nitrogens with zero attached hydrogens (tertiary/aromatic N) is 4. The van der Waals surface area contributed by atoms with Gasteiger partial charge in [-0.25, -0.2) is 4.79 Å². The van der Waals surface area contributed by atoms with E-state index in [-0.39, 0.29) is 17.7 Å². The van der Waals surface area contributed by atoms with Gasteiger partial charge >= 0.3 is 5.69 Å². The fourth-order valence-electron chi connectivity index (χ4n) is 3.85. The Bertz CT molecular complexity index is 761. The van der Waals surface area contributed by atoms with E-state index in [4.69, 9.17) is 0 Å². The summed E-state index contributed by atoms with van der Waals surface area (Å²) in [5.41, 5.74) is -0.823. The van der Waals surface area contributed by atoms with Crippen LogP contribution in [0.5, 0.6) is 0 Å². The summed E-state index contributed by atoms with van der Waals surface area (Å²) in [5.74, 6) is -0.269. The van der Waals surface area contributed by atoms with Crippen molar-refractivity contribution in [2.45, 2.75) is 37.8 Å². The van der Waals surface area contributed by atoms with Crippen LogP contribution in [-0.4, -0.2) is 68.3 Å². The van der Waals surface area contributed by atoms with Gasteiger partial charge in [-0.3, -0.25) is 23.6 Å². The highest BCUT2D eigenvalue weighted by atomic mass is 16.3. The number of piperidine rings is 2. The van der Waals surface area contributed by atoms with E-state index >= 15 is 0 Å². The zero-order chi connectivity index (χ0) is 18.1. The van der Waals surface area contributed by atoms with E-state index < -0.39 is 11.2 Å². The molecule has 138 valence electrons. The summed E-state index contributed by atoms with van der Waals surface area (Å²) in [4.78, 5) is 40.6. The number of likely N-dealkylation sites (tertiary alicyclic amines) is 2. The minimum atomic E-state index is -0.493. The first kappa shape index (κ1) is 17.9. The van der Waals surface area contributed by atoms with Gasteiger partial charge in [0, 0.05) is 45.8 Å². The minimum absolute atomic E-state index is 0.139. The number of carbonyl (C=O) groups excluding carboxylic acids is 1. The molecule has 2 aliphatic rings. The number of aliphatic hydroxyl groups is 1. The molecule has 1 aromatic rings. The van der Waals surface area contributed by atoms with Crippen LogP contribution in [0.2, 0.25) is 0 Å². The molecule has 2 saturated heterocycles. The first-order valence-corrected chi connectivity index (χ1v) is 8.87. The molecule has 2 aliphatic heterocycles. The lowest BCUT2D eigenvalue weighted by Crippen LogP contribution is -2.51. The summed E-state index contributed by atoms with van der Waals surface area (Å²) in [6.45, 7) is 2.90. The van der Waals surface area contributed by atoms with Crippen molar-refractivity contribution in [3.8, 4) is 0 Å². The van der Waals surface area contributed by atoms with Gasteiger partial charge in [-0.05, 0) is 32.2 Å². The van der Waals surface area contributed by atoms with Crippen LogP contribution in [0.25, 0.3) is 0 Å². The SMILES string of the molecule is Cn1c(C(=O)N2CCC(N3CCC[C@@H](O)C3)CC2)cc(=O)n(C)c1=O. The standard InChI is InChI=1S/C17H26N4O4/c1-18-14(10-15(23)19(2)17(18)25)16(24)20-8-5-12(6-9-20)21-7-3-4-13(22)11-21/h10,12-13,22H,3-9,11H2,1-2H3/t13-/m1/s1. The van der Waals surface area contributed by atoms with E-state index in [0.717, 1.165) is 36.8 Å². The van der Waals surface area contributed by atoms with Crippen LogP contribution in [0.4, 0.5) is 0 Å². The third-order valence-electron chi connectivity index (χ3n) is 5.44. The minimum Gasteiger partial charge on any atom is -0.392 e. The van der Waals surface area contributed by atoms with E-state index in [1.54, 1.807) is 4.90 Å². The normalized spacial score (nSPS) is 23.0. The zero-order valence-electron chi connectivity index (χ0n) is 14.8. The monoisotopic (exact) mass is 350 g/mol. The maximum absolute atomic E-state index is 12.7. The summed E-state index contributed by atoms with van der Waals surface area (Å²) >= 11 is 0. The largest absolute Gasteiger partial charge is 0.392 e. The predicted molar refractivity (Wildman–Crippen MR) is 92.7 cm³/mol. The Hall–Kier alpha value is -1.93. The number of aromatic nitrogens is 2. The van der Waals surface area contributed by atoms with E-state index in [1.807, 2.05) is 0 Å². The Kier molecular flexibility index (Phi) is 5.10. The van der Waals surface area contributed by atoms with Crippen molar-refractivity contribution in [3.05, 3.63) is 32.6 Å². The number of hydrogen-bond donors (Lipinski definition) is 1. The number of amides is 1. The van der Waals surface area contributed by atoms with Crippen molar-refractivity contribution in [2.75, 3.05) is 26.2 Å². The van der Waals surface area contributed by atoms with Crippen LogP contribution < -0.4 is 11.2 Å². The van der Waals surface area contributed by atoms with Crippen LogP contribution in [-0.2, 0) is 14.1 Å². The van der Waals surface area contributed by atoms with Gasteiger partial charge < -0.3 is 10.0 Å². The Labute approximate surface area is 146 Å². The molecule has 0 aliphatic carbocycles. The second kappa shape index (κ2) is 7.13. The van der Waals surface area contributed by atoms with Gasteiger partial charge in [-0.15, -0.1) is 0 Å². The lowest BCUT2D eigenvalue weighted by Gasteiger charge is -2.41. The van der Waals surface area contributed by atoms with Crippen LogP contribution in [0.3, 0.4) is 0 Å². The van der Waals surface area contributed by atoms with Crippen molar-refractivity contribution >= 4 is 5.91 Å². The van der Waals surface area contributed by atoms with Gasteiger partial charge in [-0.1, -0.05) is 0 Å². The van der Waals surface area contributed by atoms with Crippen molar-refractivity contribution < 1.29 is 9.90 Å². The molecule has 1 atom stereocenters. The third-order valence-corrected chi connectivity index (χ3v) is 5.44. The highest BCUT2D eigenvalue weighted by molar-refractivity contribution is 5.92. The summed E-state index contributed by atoms with van der Waals surface area (Å²) in [7, 11) is 2.91. The summed E-state index contributed by atoms with van der Waals surface area (Å²) in [6.07, 6.45) is 3.32. The van der Waals surface area contributed by atoms with Crippen molar-refractivity contribution in [1.82, 2.24) is 18.9 Å². The molecule has 0 spiro atoms. The molecule has 0 aromatic carbocycles. The first-order chi connectivity index (χ1) is 11.9. The smallest absolute Gasteiger partial charge is 0.331 e. The van der Waals surface area contributed by atoms with Crippen LogP contribution in [0.1, 0.15) is 36.2 Å². The number of carbonyl (C=O) groups is 1. The Morgan fingerprint density at radius 1 is 1.08 bits per heavy atom. The molecule has 8 heteroatoms. The Morgan fingerprint density at radius 2 is 1.76 bits per heavy atom. The van der Waals surface area contributed by atoms with Crippen molar-refractivity contribution in [3.63, 3.8) is 0 Å². The van der Waals surface area contributed by atoms with Gasteiger partial charge in [-0.2, -0.15) is 0 Å². The molecule has 8 nitrogen and oxygen atoms in total. The average molecular weight is 350 g/mol. The summed E-state index contributed by atoms with van der Waals surface area (Å²) in [6, 6.07) is 1.61. The molecular weight excluding hydrogens is 324 g/mol. The lowest BCUT2D eigenvalue weighted by atomic mass is 9.99. The number of hydrogen-bond acceptors (Lipinski definition) is 5. The molecule has 2 fully saturated rings. The molecule has 3 rings (SSSR count). The fourth-order valence-corrected chi connectivity index (χ4v) is 3.85. The second-order valence-corrected chi connectivity index (χ2v) is 7.08. The van der Waals surface area contributed by atoms with E-state index in [0.29, 0.717) is 25.7 Å². The highest BCUT2D eigenvalue weighted by Gasteiger charge is 2.30. The van der Waals surface area contributed by atoms with Crippen LogP contribution >= 0.6 is 0 Å². The lowest BCUT2D eigenvalue weighted by molar-refractivity contribution is 0.0238. The number of aliphatic hydroxyl groups excluding tert-OH is 1. The third kappa shape index (κ3) is 3.55. The topological polar surface area (TPSA) is 87.8 Å². The molecule has 1 N–H and O–H groups in total. The molecule has 0 bridgehead atoms. The van der Waals surface area contributed by atoms with Crippen LogP contribution in [0.15, 0.2) is 15.7 Å². The maximum Gasteiger partial charge on any atom is 0.331 e. The molecule has 0 saturated carbocycles. The van der Waals surface area contributed by atoms with E-state index in [2.05, 4.69) is 4.90 Å². The quantitative estimate of drug-likeness (QED) is 0.750. The highest BCUT2D eigenvalue weighted by Crippen LogP contribution is 2.21. The molecule has 3 heterocycles. The van der Waals surface area contributed by atoms with Crippen molar-refractivity contribution in [1.29, 1.82) is 0 Å². The summed E-state index contributed by atoms with van der Waals surface area (Å²) < 4.78 is 2.22. The molecule has 25 heavy (non-hydrogen) atoms. The first-order valence-electron chi connectivity index (χ1n) is 8.87. The maximum atomic E-state index is 12.7. The molecule has 0 unspecified atom stereocenters. The van der Waals surface area contributed by atoms with Crippen molar-refractivity contribution in [2.24, 2.45) is 14.1 Å². The fraction of sp³-hybridized carbons (Fsp3) is 0.706. The molecule has 1 amide bonds. The number of β-amino-alcohol motifs (C(OH)–C–C–N with tert-alkyl or cyclic N) is 1. The molecule has 1 aromatic heterocycles. The Morgan fingerprint density at radius 3 is 2.40 bits per heavy atom. The van der Waals surface area contributed by atoms with Gasteiger partial charge in [0.1, 0.15) is 5.69 Å². The summed E-state index contributed by atoms with van der Waals surface area (Å²) in [5, 5.41) is 9.83. The van der Waals surface area contributed by atoms with Gasteiger partial charge in [0.05, 0.1) is 6.10 Å². The zero-order valence-corrected chi connectivity index (χ0v) is 14.8. The second-order valence-electron chi connectivity index (χ2n) is 7.08. The van der Waals surface area contributed by atoms with Gasteiger partial charge in [0.25, 0.3) is 11.5 Å². The molecular formula is C17H26N4O4.